The molecule has 1 aromatic rings. The van der Waals surface area contributed by atoms with Crippen LogP contribution in [0.3, 0.4) is 0 Å². The van der Waals surface area contributed by atoms with Crippen LogP contribution < -0.4 is 5.73 Å². The van der Waals surface area contributed by atoms with E-state index in [4.69, 9.17) is 22.1 Å². The summed E-state index contributed by atoms with van der Waals surface area (Å²) in [6, 6.07) is 4.28. The summed E-state index contributed by atoms with van der Waals surface area (Å²) in [6.07, 6.45) is 0. The zero-order chi connectivity index (χ0) is 10.8. The Kier molecular flexibility index (Phi) is 3.48. The van der Waals surface area contributed by atoms with Crippen LogP contribution in [0.5, 0.6) is 0 Å². The van der Waals surface area contributed by atoms with E-state index in [1.165, 1.54) is 19.2 Å². The standard InChI is InChI=1S/C10H13ClFNO/c1-10(6-13,14-2)7-3-8(11)5-9(12)4-7/h3-5H,6,13H2,1-2H3. The largest absolute Gasteiger partial charge is 0.372 e. The Morgan fingerprint density at radius 1 is 1.50 bits per heavy atom. The lowest BCUT2D eigenvalue weighted by Gasteiger charge is -2.27. The predicted octanol–water partition coefficient (Wildman–Crippen LogP) is 2.30. The molecule has 0 saturated carbocycles. The molecule has 0 amide bonds. The van der Waals surface area contributed by atoms with E-state index in [1.54, 1.807) is 13.0 Å². The summed E-state index contributed by atoms with van der Waals surface area (Å²) in [5.41, 5.74) is 5.52. The van der Waals surface area contributed by atoms with Gasteiger partial charge in [-0.05, 0) is 30.7 Å². The molecule has 1 atom stereocenters. The molecule has 14 heavy (non-hydrogen) atoms. The summed E-state index contributed by atoms with van der Waals surface area (Å²) in [4.78, 5) is 0. The average Bonchev–Trinajstić information content (AvgIpc) is 2.15. The second-order valence-corrected chi connectivity index (χ2v) is 3.73. The summed E-state index contributed by atoms with van der Waals surface area (Å²) >= 11 is 5.73. The number of hydrogen-bond acceptors (Lipinski definition) is 2. The number of hydrogen-bond donors (Lipinski definition) is 1. The van der Waals surface area contributed by atoms with E-state index in [2.05, 4.69) is 0 Å². The minimum atomic E-state index is -0.689. The first-order valence-corrected chi connectivity index (χ1v) is 4.61. The van der Waals surface area contributed by atoms with Crippen LogP contribution in [0.1, 0.15) is 12.5 Å². The van der Waals surface area contributed by atoms with Crippen molar-refractivity contribution in [1.82, 2.24) is 0 Å². The van der Waals surface area contributed by atoms with Crippen LogP contribution in [0.25, 0.3) is 0 Å². The van der Waals surface area contributed by atoms with Gasteiger partial charge in [-0.2, -0.15) is 0 Å². The molecule has 1 rings (SSSR count). The molecular formula is C10H13ClFNO. The predicted molar refractivity (Wildman–Crippen MR) is 54.8 cm³/mol. The van der Waals surface area contributed by atoms with Crippen LogP contribution in [-0.2, 0) is 10.3 Å². The minimum Gasteiger partial charge on any atom is -0.372 e. The van der Waals surface area contributed by atoms with Gasteiger partial charge in [0.05, 0.1) is 0 Å². The Morgan fingerprint density at radius 2 is 2.14 bits per heavy atom. The van der Waals surface area contributed by atoms with Crippen molar-refractivity contribution in [2.45, 2.75) is 12.5 Å². The van der Waals surface area contributed by atoms with Gasteiger partial charge < -0.3 is 10.5 Å². The molecule has 78 valence electrons. The van der Waals surface area contributed by atoms with Gasteiger partial charge in [0.1, 0.15) is 11.4 Å². The third-order valence-corrected chi connectivity index (χ3v) is 2.53. The number of nitrogens with two attached hydrogens (primary N) is 1. The smallest absolute Gasteiger partial charge is 0.125 e. The third kappa shape index (κ3) is 2.23. The van der Waals surface area contributed by atoms with Crippen molar-refractivity contribution in [3.05, 3.63) is 34.6 Å². The number of rotatable bonds is 3. The van der Waals surface area contributed by atoms with Gasteiger partial charge in [-0.3, -0.25) is 0 Å². The second kappa shape index (κ2) is 4.26. The zero-order valence-electron chi connectivity index (χ0n) is 8.18. The molecule has 2 nitrogen and oxygen atoms in total. The summed E-state index contributed by atoms with van der Waals surface area (Å²) in [6.45, 7) is 2.06. The first kappa shape index (κ1) is 11.4. The molecule has 0 aromatic heterocycles. The fourth-order valence-electron chi connectivity index (χ4n) is 1.18. The van der Waals surface area contributed by atoms with Crippen LogP contribution >= 0.6 is 11.6 Å². The van der Waals surface area contributed by atoms with Crippen molar-refractivity contribution in [1.29, 1.82) is 0 Å². The summed E-state index contributed by atoms with van der Waals surface area (Å²) in [5.74, 6) is -0.385. The highest BCUT2D eigenvalue weighted by Crippen LogP contribution is 2.26. The van der Waals surface area contributed by atoms with E-state index in [-0.39, 0.29) is 12.4 Å². The molecule has 1 unspecified atom stereocenters. The monoisotopic (exact) mass is 217 g/mol. The molecule has 0 bridgehead atoms. The molecule has 0 aliphatic heterocycles. The van der Waals surface area contributed by atoms with Crippen LogP contribution in [0.15, 0.2) is 18.2 Å². The van der Waals surface area contributed by atoms with Crippen molar-refractivity contribution in [2.24, 2.45) is 5.73 Å². The van der Waals surface area contributed by atoms with Crippen LogP contribution in [0.4, 0.5) is 4.39 Å². The number of methoxy groups -OCH3 is 1. The van der Waals surface area contributed by atoms with Crippen LogP contribution in [0.2, 0.25) is 5.02 Å². The van der Waals surface area contributed by atoms with Crippen LogP contribution in [-0.4, -0.2) is 13.7 Å². The number of benzene rings is 1. The summed E-state index contributed by atoms with van der Waals surface area (Å²) in [5, 5.41) is 0.344. The maximum absolute atomic E-state index is 13.1. The van der Waals surface area contributed by atoms with E-state index in [9.17, 15) is 4.39 Å². The maximum atomic E-state index is 13.1. The summed E-state index contributed by atoms with van der Waals surface area (Å²) in [7, 11) is 1.53. The molecule has 4 heteroatoms. The molecule has 0 aliphatic rings. The lowest BCUT2D eigenvalue weighted by molar-refractivity contribution is 0.00985. The highest BCUT2D eigenvalue weighted by Gasteiger charge is 2.25. The molecule has 0 heterocycles. The molecule has 0 spiro atoms. The zero-order valence-corrected chi connectivity index (χ0v) is 8.94. The van der Waals surface area contributed by atoms with Gasteiger partial charge in [-0.1, -0.05) is 11.6 Å². The Bertz CT molecular complexity index is 306. The molecule has 2 N–H and O–H groups in total. The topological polar surface area (TPSA) is 35.2 Å². The van der Waals surface area contributed by atoms with Crippen molar-refractivity contribution in [2.75, 3.05) is 13.7 Å². The number of ether oxygens (including phenoxy) is 1. The van der Waals surface area contributed by atoms with Gasteiger partial charge in [-0.25, -0.2) is 4.39 Å². The average molecular weight is 218 g/mol. The first-order valence-electron chi connectivity index (χ1n) is 4.23. The summed E-state index contributed by atoms with van der Waals surface area (Å²) < 4.78 is 18.3. The first-order chi connectivity index (χ1) is 6.51. The van der Waals surface area contributed by atoms with Crippen LogP contribution in [0, 0.1) is 5.82 Å². The van der Waals surface area contributed by atoms with Gasteiger partial charge in [0, 0.05) is 18.7 Å². The fourth-order valence-corrected chi connectivity index (χ4v) is 1.40. The third-order valence-electron chi connectivity index (χ3n) is 2.31. The molecular weight excluding hydrogens is 205 g/mol. The highest BCUT2D eigenvalue weighted by atomic mass is 35.5. The molecule has 0 aliphatic carbocycles. The van der Waals surface area contributed by atoms with E-state index >= 15 is 0 Å². The molecule has 0 fully saturated rings. The quantitative estimate of drug-likeness (QED) is 0.843. The Balaban J connectivity index is 3.17. The normalized spacial score (nSPS) is 15.2. The second-order valence-electron chi connectivity index (χ2n) is 3.30. The van der Waals surface area contributed by atoms with E-state index in [0.717, 1.165) is 0 Å². The number of halogens is 2. The van der Waals surface area contributed by atoms with E-state index < -0.39 is 5.60 Å². The van der Waals surface area contributed by atoms with Gasteiger partial charge in [0.15, 0.2) is 0 Å². The van der Waals surface area contributed by atoms with Crippen molar-refractivity contribution in [3.63, 3.8) is 0 Å². The molecule has 0 saturated heterocycles. The van der Waals surface area contributed by atoms with Crippen molar-refractivity contribution < 1.29 is 9.13 Å². The van der Waals surface area contributed by atoms with E-state index in [0.29, 0.717) is 10.6 Å². The maximum Gasteiger partial charge on any atom is 0.125 e. The Hall–Kier alpha value is -0.640. The van der Waals surface area contributed by atoms with E-state index in [1.807, 2.05) is 0 Å². The minimum absolute atomic E-state index is 0.267. The van der Waals surface area contributed by atoms with Gasteiger partial charge in [-0.15, -0.1) is 0 Å². The fraction of sp³-hybridized carbons (Fsp3) is 0.400. The van der Waals surface area contributed by atoms with Crippen molar-refractivity contribution >= 4 is 11.6 Å². The molecule has 1 aromatic carbocycles. The van der Waals surface area contributed by atoms with Gasteiger partial charge in [0.25, 0.3) is 0 Å². The highest BCUT2D eigenvalue weighted by molar-refractivity contribution is 6.30. The lowest BCUT2D eigenvalue weighted by atomic mass is 9.96. The Morgan fingerprint density at radius 3 is 2.57 bits per heavy atom. The van der Waals surface area contributed by atoms with Gasteiger partial charge >= 0.3 is 0 Å². The Labute approximate surface area is 87.8 Å². The van der Waals surface area contributed by atoms with Crippen molar-refractivity contribution in [3.8, 4) is 0 Å². The molecule has 0 radical (unpaired) electrons. The lowest BCUT2D eigenvalue weighted by Crippen LogP contribution is -2.33. The van der Waals surface area contributed by atoms with Gasteiger partial charge in [0.2, 0.25) is 0 Å². The SMILES string of the molecule is COC(C)(CN)c1cc(F)cc(Cl)c1.